The molecule has 0 spiro atoms. The Bertz CT molecular complexity index is 1420. The predicted molar refractivity (Wildman–Crippen MR) is 150 cm³/mol. The summed E-state index contributed by atoms with van der Waals surface area (Å²) in [5.74, 6) is 0.172. The number of nitrogens with one attached hydrogen (secondary N) is 2. The molecule has 0 aliphatic heterocycles. The monoisotopic (exact) mass is 594 g/mol. The van der Waals surface area contributed by atoms with Crippen LogP contribution < -0.4 is 10.6 Å². The minimum atomic E-state index is -0.431. The largest absolute Gasteiger partial charge is 0.342 e. The van der Waals surface area contributed by atoms with Crippen LogP contribution in [0.1, 0.15) is 36.1 Å². The van der Waals surface area contributed by atoms with Crippen LogP contribution in [0.25, 0.3) is 11.3 Å². The number of aromatic nitrogens is 4. The van der Waals surface area contributed by atoms with Crippen LogP contribution >= 0.6 is 57.9 Å². The molecule has 1 atom stereocenters. The second-order valence-electron chi connectivity index (χ2n) is 7.79. The van der Waals surface area contributed by atoms with E-state index in [2.05, 4.69) is 25.8 Å². The molecule has 13 heteroatoms. The van der Waals surface area contributed by atoms with Gasteiger partial charge in [-0.25, -0.2) is 4.98 Å². The molecule has 192 valence electrons. The minimum Gasteiger partial charge on any atom is -0.342 e. The smallest absolute Gasteiger partial charge is 0.251 e. The molecule has 0 aliphatic carbocycles. The van der Waals surface area contributed by atoms with Crippen molar-refractivity contribution in [2.24, 2.45) is 0 Å². The van der Waals surface area contributed by atoms with Crippen LogP contribution in [0.3, 0.4) is 0 Å². The molecule has 4 aromatic rings. The molecule has 2 N–H and O–H groups in total. The van der Waals surface area contributed by atoms with Crippen molar-refractivity contribution in [1.29, 1.82) is 0 Å². The second kappa shape index (κ2) is 12.3. The molecule has 2 amide bonds. The number of thiazole rings is 1. The average molecular weight is 596 g/mol. The number of thioether (sulfide) groups is 1. The van der Waals surface area contributed by atoms with Crippen molar-refractivity contribution in [3.63, 3.8) is 0 Å². The number of anilines is 1. The fourth-order valence-electron chi connectivity index (χ4n) is 3.38. The number of amides is 2. The van der Waals surface area contributed by atoms with Crippen LogP contribution in [0.15, 0.2) is 53.0 Å². The van der Waals surface area contributed by atoms with Crippen molar-refractivity contribution in [3.05, 3.63) is 74.3 Å². The van der Waals surface area contributed by atoms with Crippen molar-refractivity contribution in [2.75, 3.05) is 11.1 Å². The Kier molecular flexibility index (Phi) is 9.09. The van der Waals surface area contributed by atoms with Crippen LogP contribution in [-0.2, 0) is 11.3 Å². The number of carbonyl (C=O) groups is 2. The molecule has 0 radical (unpaired) electrons. The number of carbonyl (C=O) groups excluding carboxylic acids is 2. The molecule has 4 rings (SSSR count). The van der Waals surface area contributed by atoms with Crippen LogP contribution in [0.2, 0.25) is 15.1 Å². The van der Waals surface area contributed by atoms with Gasteiger partial charge in [0.25, 0.3) is 5.91 Å². The fraction of sp³-hybridized carbons (Fsp3) is 0.208. The maximum absolute atomic E-state index is 12.7. The SMILES string of the molecule is CCn1c(SCC(=O)Nc2nc(-c3ccc(Cl)cc3)cs2)nnc1[C@@H](C)NC(=O)c1ccc(Cl)c(Cl)c1. The van der Waals surface area contributed by atoms with Gasteiger partial charge in [0, 0.05) is 28.1 Å². The highest BCUT2D eigenvalue weighted by atomic mass is 35.5. The highest BCUT2D eigenvalue weighted by Crippen LogP contribution is 2.27. The third-order valence-corrected chi connectivity index (χ3v) is 7.92. The van der Waals surface area contributed by atoms with E-state index in [9.17, 15) is 9.59 Å². The number of nitrogens with zero attached hydrogens (tertiary/aromatic N) is 4. The van der Waals surface area contributed by atoms with Gasteiger partial charge in [0.1, 0.15) is 0 Å². The maximum Gasteiger partial charge on any atom is 0.251 e. The van der Waals surface area contributed by atoms with E-state index in [-0.39, 0.29) is 17.6 Å². The van der Waals surface area contributed by atoms with Crippen LogP contribution in [0, 0.1) is 0 Å². The molecule has 2 aromatic carbocycles. The van der Waals surface area contributed by atoms with Gasteiger partial charge in [0.05, 0.1) is 27.5 Å². The zero-order valence-corrected chi connectivity index (χ0v) is 23.6. The van der Waals surface area contributed by atoms with E-state index < -0.39 is 6.04 Å². The zero-order valence-electron chi connectivity index (χ0n) is 19.7. The van der Waals surface area contributed by atoms with Gasteiger partial charge in [0.2, 0.25) is 5.91 Å². The maximum atomic E-state index is 12.7. The summed E-state index contributed by atoms with van der Waals surface area (Å²) in [5, 5.41) is 18.5. The molecule has 37 heavy (non-hydrogen) atoms. The van der Waals surface area contributed by atoms with Crippen molar-refractivity contribution >= 4 is 74.8 Å². The predicted octanol–water partition coefficient (Wildman–Crippen LogP) is 6.60. The second-order valence-corrected chi connectivity index (χ2v) is 10.8. The Morgan fingerprint density at radius 3 is 2.54 bits per heavy atom. The van der Waals surface area contributed by atoms with Gasteiger partial charge < -0.3 is 15.2 Å². The van der Waals surface area contributed by atoms with E-state index in [0.29, 0.717) is 43.3 Å². The van der Waals surface area contributed by atoms with Gasteiger partial charge in [-0.05, 0) is 44.2 Å². The molecular formula is C24H21Cl3N6O2S2. The lowest BCUT2D eigenvalue weighted by Gasteiger charge is -2.15. The summed E-state index contributed by atoms with van der Waals surface area (Å²) < 4.78 is 1.86. The molecule has 0 unspecified atom stereocenters. The van der Waals surface area contributed by atoms with Crippen molar-refractivity contribution in [2.45, 2.75) is 31.6 Å². The first-order valence-corrected chi connectivity index (χ1v) is 14.1. The number of hydrogen-bond acceptors (Lipinski definition) is 7. The molecule has 0 bridgehead atoms. The summed E-state index contributed by atoms with van der Waals surface area (Å²) in [6.07, 6.45) is 0. The number of halogens is 3. The highest BCUT2D eigenvalue weighted by molar-refractivity contribution is 7.99. The van der Waals surface area contributed by atoms with Gasteiger partial charge in [-0.15, -0.1) is 21.5 Å². The van der Waals surface area contributed by atoms with E-state index in [1.807, 2.05) is 35.9 Å². The van der Waals surface area contributed by atoms with Crippen LogP contribution in [0.5, 0.6) is 0 Å². The lowest BCUT2D eigenvalue weighted by molar-refractivity contribution is -0.113. The highest BCUT2D eigenvalue weighted by Gasteiger charge is 2.21. The lowest BCUT2D eigenvalue weighted by Crippen LogP contribution is -2.28. The molecule has 0 saturated heterocycles. The quantitative estimate of drug-likeness (QED) is 0.211. The van der Waals surface area contributed by atoms with Crippen LogP contribution in [0.4, 0.5) is 5.13 Å². The topological polar surface area (TPSA) is 102 Å². The molecule has 8 nitrogen and oxygen atoms in total. The van der Waals surface area contributed by atoms with Gasteiger partial charge in [-0.1, -0.05) is 58.7 Å². The van der Waals surface area contributed by atoms with Gasteiger partial charge in [-0.2, -0.15) is 0 Å². The Morgan fingerprint density at radius 2 is 1.84 bits per heavy atom. The number of benzene rings is 2. The van der Waals surface area contributed by atoms with Crippen LogP contribution in [-0.4, -0.2) is 37.3 Å². The summed E-state index contributed by atoms with van der Waals surface area (Å²) >= 11 is 20.5. The fourth-order valence-corrected chi connectivity index (χ4v) is 5.35. The summed E-state index contributed by atoms with van der Waals surface area (Å²) in [4.78, 5) is 29.7. The average Bonchev–Trinajstić information content (AvgIpc) is 3.51. The summed E-state index contributed by atoms with van der Waals surface area (Å²) in [7, 11) is 0. The number of rotatable bonds is 9. The molecule has 2 aromatic heterocycles. The van der Waals surface area contributed by atoms with E-state index in [4.69, 9.17) is 34.8 Å². The van der Waals surface area contributed by atoms with Gasteiger partial charge >= 0.3 is 0 Å². The molecule has 2 heterocycles. The number of hydrogen-bond donors (Lipinski definition) is 2. The summed E-state index contributed by atoms with van der Waals surface area (Å²) in [5.41, 5.74) is 2.06. The van der Waals surface area contributed by atoms with E-state index >= 15 is 0 Å². The van der Waals surface area contributed by atoms with Gasteiger partial charge in [-0.3, -0.25) is 9.59 Å². The minimum absolute atomic E-state index is 0.123. The molecular weight excluding hydrogens is 575 g/mol. The Morgan fingerprint density at radius 1 is 1.08 bits per heavy atom. The molecule has 0 fully saturated rings. The third kappa shape index (κ3) is 6.82. The van der Waals surface area contributed by atoms with E-state index in [0.717, 1.165) is 11.3 Å². The first-order valence-electron chi connectivity index (χ1n) is 11.1. The van der Waals surface area contributed by atoms with E-state index in [1.165, 1.54) is 29.2 Å². The van der Waals surface area contributed by atoms with Crippen molar-refractivity contribution in [3.8, 4) is 11.3 Å². The van der Waals surface area contributed by atoms with Crippen molar-refractivity contribution < 1.29 is 9.59 Å². The Hall–Kier alpha value is -2.63. The Labute approximate surface area is 236 Å². The Balaban J connectivity index is 1.35. The molecule has 0 aliphatic rings. The van der Waals surface area contributed by atoms with Gasteiger partial charge in [0.15, 0.2) is 16.1 Å². The van der Waals surface area contributed by atoms with E-state index in [1.54, 1.807) is 24.3 Å². The lowest BCUT2D eigenvalue weighted by atomic mass is 10.2. The first kappa shape index (κ1) is 27.4. The standard InChI is InChI=1S/C24H21Cl3N6O2S2/c1-3-33-21(13(2)28-22(35)15-6-9-17(26)18(27)10-15)31-32-24(33)37-12-20(34)30-23-29-19(11-36-23)14-4-7-16(25)8-5-14/h4-11,13H,3,12H2,1-2H3,(H,28,35)(H,29,30,34)/t13-/m1/s1. The normalized spacial score (nSPS) is 11.8. The zero-order chi connectivity index (χ0) is 26.5. The molecule has 0 saturated carbocycles. The summed E-state index contributed by atoms with van der Waals surface area (Å²) in [6.45, 7) is 4.32. The third-order valence-electron chi connectivity index (χ3n) is 5.20. The summed E-state index contributed by atoms with van der Waals surface area (Å²) in [6, 6.07) is 11.6. The first-order chi connectivity index (χ1) is 17.7. The van der Waals surface area contributed by atoms with Crippen molar-refractivity contribution in [1.82, 2.24) is 25.1 Å².